The van der Waals surface area contributed by atoms with Gasteiger partial charge in [0.1, 0.15) is 6.07 Å². The van der Waals surface area contributed by atoms with E-state index in [9.17, 15) is 5.21 Å². The highest BCUT2D eigenvalue weighted by atomic mass is 16.5. The van der Waals surface area contributed by atoms with E-state index in [2.05, 4.69) is 0 Å². The van der Waals surface area contributed by atoms with Crippen LogP contribution in [-0.2, 0) is 7.05 Å². The van der Waals surface area contributed by atoms with Gasteiger partial charge in [0.2, 0.25) is 0 Å². The van der Waals surface area contributed by atoms with Crippen LogP contribution in [0.3, 0.4) is 0 Å². The molecule has 0 bridgehead atoms. The Balaban J connectivity index is 3.00. The molecule has 0 unspecified atom stereocenters. The van der Waals surface area contributed by atoms with Crippen molar-refractivity contribution in [1.29, 1.82) is 5.26 Å². The second-order valence-corrected chi connectivity index (χ2v) is 2.77. The number of rotatable bonds is 0. The molecule has 0 amide bonds. The SMILES string of the molecule is Cn1c(C#N)c2ccccc2[n+]1[O-]. The summed E-state index contributed by atoms with van der Waals surface area (Å²) < 4.78 is 1.30. The fourth-order valence-corrected chi connectivity index (χ4v) is 1.40. The Morgan fingerprint density at radius 2 is 2.15 bits per heavy atom. The van der Waals surface area contributed by atoms with E-state index in [-0.39, 0.29) is 0 Å². The fraction of sp³-hybridized carbons (Fsp3) is 0.111. The van der Waals surface area contributed by atoms with Crippen molar-refractivity contribution in [3.8, 4) is 6.07 Å². The number of nitriles is 1. The molecule has 0 spiro atoms. The summed E-state index contributed by atoms with van der Waals surface area (Å²) in [6.07, 6.45) is 0. The maximum Gasteiger partial charge on any atom is 0.252 e. The van der Waals surface area contributed by atoms with Crippen LogP contribution >= 0.6 is 0 Å². The zero-order chi connectivity index (χ0) is 9.42. The van der Waals surface area contributed by atoms with Gasteiger partial charge in [-0.2, -0.15) is 5.26 Å². The molecule has 2 rings (SSSR count). The summed E-state index contributed by atoms with van der Waals surface area (Å²) in [5.74, 6) is 0. The van der Waals surface area contributed by atoms with Gasteiger partial charge in [-0.3, -0.25) is 0 Å². The summed E-state index contributed by atoms with van der Waals surface area (Å²) in [5.41, 5.74) is 0.923. The number of fused-ring (bicyclic) bond motifs is 1. The van der Waals surface area contributed by atoms with Gasteiger partial charge in [0.05, 0.1) is 12.4 Å². The van der Waals surface area contributed by atoms with Crippen LogP contribution in [0.2, 0.25) is 0 Å². The second-order valence-electron chi connectivity index (χ2n) is 2.77. The van der Waals surface area contributed by atoms with Crippen molar-refractivity contribution in [2.45, 2.75) is 0 Å². The van der Waals surface area contributed by atoms with Gasteiger partial charge < -0.3 is 5.21 Å². The quantitative estimate of drug-likeness (QED) is 0.434. The van der Waals surface area contributed by atoms with Gasteiger partial charge in [-0.25, -0.2) is 0 Å². The van der Waals surface area contributed by atoms with Gasteiger partial charge in [0, 0.05) is 6.07 Å². The molecule has 0 aliphatic rings. The van der Waals surface area contributed by atoms with Gasteiger partial charge in [-0.1, -0.05) is 17.0 Å². The molecule has 1 aromatic heterocycles. The van der Waals surface area contributed by atoms with Crippen LogP contribution in [0.4, 0.5) is 0 Å². The Morgan fingerprint density at radius 3 is 2.85 bits per heavy atom. The van der Waals surface area contributed by atoms with E-state index in [1.807, 2.05) is 12.1 Å². The highest BCUT2D eigenvalue weighted by molar-refractivity contribution is 5.81. The van der Waals surface area contributed by atoms with E-state index in [1.165, 1.54) is 4.68 Å². The third-order valence-electron chi connectivity index (χ3n) is 2.07. The normalized spacial score (nSPS) is 10.2. The van der Waals surface area contributed by atoms with Crippen molar-refractivity contribution in [3.05, 3.63) is 35.2 Å². The molecule has 4 heteroatoms. The Bertz CT molecular complexity index is 507. The topological polar surface area (TPSA) is 55.7 Å². The van der Waals surface area contributed by atoms with Crippen LogP contribution in [0.15, 0.2) is 24.3 Å². The molecule has 0 N–H and O–H groups in total. The lowest BCUT2D eigenvalue weighted by Gasteiger charge is -1.94. The minimum Gasteiger partial charge on any atom is -0.595 e. The van der Waals surface area contributed by atoms with Crippen LogP contribution in [0, 0.1) is 16.5 Å². The van der Waals surface area contributed by atoms with Crippen molar-refractivity contribution >= 4 is 10.9 Å². The summed E-state index contributed by atoms with van der Waals surface area (Å²) in [7, 11) is 1.57. The lowest BCUT2D eigenvalue weighted by molar-refractivity contribution is -0.667. The number of benzene rings is 1. The van der Waals surface area contributed by atoms with Crippen molar-refractivity contribution < 1.29 is 4.85 Å². The number of para-hydroxylation sites is 1. The van der Waals surface area contributed by atoms with Crippen LogP contribution in [-0.4, -0.2) is 4.68 Å². The molecule has 0 radical (unpaired) electrons. The van der Waals surface area contributed by atoms with Gasteiger partial charge in [-0.05, 0) is 6.07 Å². The second kappa shape index (κ2) is 2.49. The number of aromatic nitrogens is 2. The van der Waals surface area contributed by atoms with E-state index in [1.54, 1.807) is 25.2 Å². The largest absolute Gasteiger partial charge is 0.595 e. The Hall–Kier alpha value is -2.02. The molecule has 0 atom stereocenters. The Kier molecular flexibility index (Phi) is 1.46. The van der Waals surface area contributed by atoms with E-state index in [0.717, 1.165) is 0 Å². The average Bonchev–Trinajstić information content (AvgIpc) is 2.41. The highest BCUT2D eigenvalue weighted by Gasteiger charge is 2.15. The lowest BCUT2D eigenvalue weighted by Crippen LogP contribution is -2.36. The van der Waals surface area contributed by atoms with E-state index in [0.29, 0.717) is 21.4 Å². The van der Waals surface area contributed by atoms with E-state index < -0.39 is 0 Å². The Morgan fingerprint density at radius 1 is 1.46 bits per heavy atom. The number of nitrogens with zero attached hydrogens (tertiary/aromatic N) is 3. The first-order chi connectivity index (χ1) is 6.25. The lowest BCUT2D eigenvalue weighted by atomic mass is 10.2. The van der Waals surface area contributed by atoms with E-state index in [4.69, 9.17) is 5.26 Å². The molecule has 0 aliphatic heterocycles. The van der Waals surface area contributed by atoms with Crippen LogP contribution < -0.4 is 4.85 Å². The first kappa shape index (κ1) is 7.62. The first-order valence-corrected chi connectivity index (χ1v) is 3.83. The third-order valence-corrected chi connectivity index (χ3v) is 2.07. The molecule has 64 valence electrons. The molecule has 13 heavy (non-hydrogen) atoms. The van der Waals surface area contributed by atoms with Gasteiger partial charge in [0.25, 0.3) is 5.52 Å². The average molecular weight is 173 g/mol. The van der Waals surface area contributed by atoms with Crippen LogP contribution in [0.25, 0.3) is 10.9 Å². The third kappa shape index (κ3) is 0.873. The molecular formula is C9H7N3O. The van der Waals surface area contributed by atoms with Crippen LogP contribution in [0.5, 0.6) is 0 Å². The molecule has 1 aromatic carbocycles. The maximum absolute atomic E-state index is 11.4. The summed E-state index contributed by atoms with van der Waals surface area (Å²) in [5, 5.41) is 20.9. The molecule has 0 fully saturated rings. The molecular weight excluding hydrogens is 166 g/mol. The number of hydrogen-bond acceptors (Lipinski definition) is 2. The van der Waals surface area contributed by atoms with Crippen molar-refractivity contribution in [2.24, 2.45) is 7.05 Å². The molecule has 4 nitrogen and oxygen atoms in total. The highest BCUT2D eigenvalue weighted by Crippen LogP contribution is 2.14. The molecule has 1 heterocycles. The zero-order valence-corrected chi connectivity index (χ0v) is 7.06. The van der Waals surface area contributed by atoms with E-state index >= 15 is 0 Å². The first-order valence-electron chi connectivity index (χ1n) is 3.83. The van der Waals surface area contributed by atoms with Gasteiger partial charge in [0.15, 0.2) is 5.69 Å². The number of hydrogen-bond donors (Lipinski definition) is 0. The predicted molar refractivity (Wildman–Crippen MR) is 46.6 cm³/mol. The fourth-order valence-electron chi connectivity index (χ4n) is 1.40. The van der Waals surface area contributed by atoms with Crippen LogP contribution in [0.1, 0.15) is 5.69 Å². The van der Waals surface area contributed by atoms with Crippen molar-refractivity contribution in [3.63, 3.8) is 0 Å². The molecule has 0 saturated heterocycles. The smallest absolute Gasteiger partial charge is 0.252 e. The minimum absolute atomic E-state index is 0.394. The standard InChI is InChI=1S/C9H7N3O/c1-11-9(6-10)7-4-2-3-5-8(7)12(11)13/h2-5H,1H3. The van der Waals surface area contributed by atoms with Crippen molar-refractivity contribution in [1.82, 2.24) is 4.68 Å². The predicted octanol–water partition coefficient (Wildman–Crippen LogP) is 0.683. The Labute approximate surface area is 74.8 Å². The molecule has 0 aliphatic carbocycles. The zero-order valence-electron chi connectivity index (χ0n) is 7.06. The monoisotopic (exact) mass is 173 g/mol. The maximum atomic E-state index is 11.4. The summed E-state index contributed by atoms with van der Waals surface area (Å²) in [6.45, 7) is 0. The van der Waals surface area contributed by atoms with Gasteiger partial charge in [-0.15, -0.1) is 4.68 Å². The summed E-state index contributed by atoms with van der Waals surface area (Å²) in [6, 6.07) is 9.05. The summed E-state index contributed by atoms with van der Waals surface area (Å²) in [4.78, 5) is 0.716. The molecule has 0 saturated carbocycles. The van der Waals surface area contributed by atoms with Gasteiger partial charge >= 0.3 is 0 Å². The minimum atomic E-state index is 0.394. The molecule has 2 aromatic rings. The summed E-state index contributed by atoms with van der Waals surface area (Å²) >= 11 is 0. The van der Waals surface area contributed by atoms with Crippen molar-refractivity contribution in [2.75, 3.05) is 0 Å².